The smallest absolute Gasteiger partial charge is 0.0721 e. The highest BCUT2D eigenvalue weighted by atomic mass is 16.5. The molecule has 0 spiro atoms. The van der Waals surface area contributed by atoms with E-state index in [0.717, 1.165) is 13.2 Å². The van der Waals surface area contributed by atoms with Gasteiger partial charge in [-0.25, -0.2) is 0 Å². The lowest BCUT2D eigenvalue weighted by Crippen LogP contribution is -1.82. The standard InChI is InChI=1S/C7H10O.C2H6.C2H4/c1-3-7-5-8-4-6(7)2;2*1-2/h3H,1,4-5H2,2H3;1-2H3;1-2H2. The molecule has 0 aromatic carbocycles. The Morgan fingerprint density at radius 2 is 1.75 bits per heavy atom. The van der Waals surface area contributed by atoms with E-state index in [1.54, 1.807) is 0 Å². The van der Waals surface area contributed by atoms with Crippen molar-refractivity contribution in [3.05, 3.63) is 37.0 Å². The van der Waals surface area contributed by atoms with Crippen LogP contribution in [0.1, 0.15) is 20.8 Å². The second-order valence-electron chi connectivity index (χ2n) is 2.00. The van der Waals surface area contributed by atoms with Crippen molar-refractivity contribution >= 4 is 0 Å². The van der Waals surface area contributed by atoms with E-state index in [1.165, 1.54) is 11.1 Å². The summed E-state index contributed by atoms with van der Waals surface area (Å²) in [6, 6.07) is 0. The zero-order chi connectivity index (χ0) is 9.98. The summed E-state index contributed by atoms with van der Waals surface area (Å²) in [6.07, 6.45) is 1.86. The second-order valence-corrected chi connectivity index (χ2v) is 2.00. The van der Waals surface area contributed by atoms with Crippen molar-refractivity contribution in [1.82, 2.24) is 0 Å². The van der Waals surface area contributed by atoms with Gasteiger partial charge in [0, 0.05) is 0 Å². The summed E-state index contributed by atoms with van der Waals surface area (Å²) in [5.41, 5.74) is 2.57. The van der Waals surface area contributed by atoms with Crippen LogP contribution in [0, 0.1) is 0 Å². The quantitative estimate of drug-likeness (QED) is 0.546. The van der Waals surface area contributed by atoms with Gasteiger partial charge in [0.05, 0.1) is 13.2 Å². The summed E-state index contributed by atoms with van der Waals surface area (Å²) in [7, 11) is 0. The second kappa shape index (κ2) is 10.2. The molecule has 0 fully saturated rings. The SMILES string of the molecule is C=C.C=CC1=C(C)COC1.CC. The average Bonchev–Trinajstić information content (AvgIpc) is 2.58. The van der Waals surface area contributed by atoms with Crippen LogP contribution in [0.15, 0.2) is 37.0 Å². The van der Waals surface area contributed by atoms with Crippen molar-refractivity contribution < 1.29 is 4.74 Å². The highest BCUT2D eigenvalue weighted by Crippen LogP contribution is 2.12. The molecular formula is C11H20O. The minimum atomic E-state index is 0.759. The lowest BCUT2D eigenvalue weighted by molar-refractivity contribution is 0.206. The first-order valence-electron chi connectivity index (χ1n) is 4.23. The highest BCUT2D eigenvalue weighted by molar-refractivity contribution is 5.26. The molecular weight excluding hydrogens is 148 g/mol. The third kappa shape index (κ3) is 4.91. The first-order valence-corrected chi connectivity index (χ1v) is 4.23. The van der Waals surface area contributed by atoms with Gasteiger partial charge in [0.15, 0.2) is 0 Å². The van der Waals surface area contributed by atoms with Crippen LogP contribution in [0.5, 0.6) is 0 Å². The molecule has 0 amide bonds. The molecule has 0 aliphatic carbocycles. The van der Waals surface area contributed by atoms with E-state index in [0.29, 0.717) is 0 Å². The van der Waals surface area contributed by atoms with Crippen LogP contribution >= 0.6 is 0 Å². The first-order chi connectivity index (χ1) is 5.84. The molecule has 0 radical (unpaired) electrons. The van der Waals surface area contributed by atoms with Crippen LogP contribution < -0.4 is 0 Å². The summed E-state index contributed by atoms with van der Waals surface area (Å²) in [5, 5.41) is 0. The number of ether oxygens (including phenoxy) is 1. The monoisotopic (exact) mass is 168 g/mol. The van der Waals surface area contributed by atoms with E-state index >= 15 is 0 Å². The molecule has 0 atom stereocenters. The number of rotatable bonds is 1. The van der Waals surface area contributed by atoms with Gasteiger partial charge in [-0.05, 0) is 18.1 Å². The molecule has 0 saturated heterocycles. The molecule has 1 heterocycles. The third-order valence-electron chi connectivity index (χ3n) is 1.37. The van der Waals surface area contributed by atoms with Gasteiger partial charge in [0.25, 0.3) is 0 Å². The normalized spacial score (nSPS) is 13.9. The Kier molecular flexibility index (Phi) is 11.7. The Morgan fingerprint density at radius 3 is 1.92 bits per heavy atom. The van der Waals surface area contributed by atoms with Crippen LogP contribution in [-0.2, 0) is 4.74 Å². The number of hydrogen-bond acceptors (Lipinski definition) is 1. The zero-order valence-electron chi connectivity index (χ0n) is 8.52. The van der Waals surface area contributed by atoms with Gasteiger partial charge < -0.3 is 4.74 Å². The van der Waals surface area contributed by atoms with Crippen molar-refractivity contribution in [1.29, 1.82) is 0 Å². The Morgan fingerprint density at radius 1 is 1.25 bits per heavy atom. The summed E-state index contributed by atoms with van der Waals surface area (Å²) < 4.78 is 5.11. The maximum atomic E-state index is 5.11. The van der Waals surface area contributed by atoms with Crippen molar-refractivity contribution in [3.63, 3.8) is 0 Å². The molecule has 1 rings (SSSR count). The molecule has 1 heteroatoms. The van der Waals surface area contributed by atoms with Gasteiger partial charge in [-0.2, -0.15) is 0 Å². The molecule has 0 N–H and O–H groups in total. The summed E-state index contributed by atoms with van der Waals surface area (Å²) in [5.74, 6) is 0. The Labute approximate surface area is 76.4 Å². The Hall–Kier alpha value is -0.820. The van der Waals surface area contributed by atoms with E-state index in [2.05, 4.69) is 26.7 Å². The largest absolute Gasteiger partial charge is 0.372 e. The molecule has 0 unspecified atom stereocenters. The van der Waals surface area contributed by atoms with Crippen molar-refractivity contribution in [2.45, 2.75) is 20.8 Å². The van der Waals surface area contributed by atoms with E-state index in [4.69, 9.17) is 4.74 Å². The molecule has 12 heavy (non-hydrogen) atoms. The predicted molar refractivity (Wildman–Crippen MR) is 56.3 cm³/mol. The molecule has 1 aliphatic rings. The van der Waals surface area contributed by atoms with Gasteiger partial charge >= 0.3 is 0 Å². The summed E-state index contributed by atoms with van der Waals surface area (Å²) >= 11 is 0. The molecule has 0 bridgehead atoms. The molecule has 0 aromatic rings. The topological polar surface area (TPSA) is 9.23 Å². The molecule has 1 nitrogen and oxygen atoms in total. The zero-order valence-corrected chi connectivity index (χ0v) is 8.52. The first kappa shape index (κ1) is 13.7. The van der Waals surface area contributed by atoms with Crippen molar-refractivity contribution in [3.8, 4) is 0 Å². The van der Waals surface area contributed by atoms with Crippen LogP contribution in [0.4, 0.5) is 0 Å². The van der Waals surface area contributed by atoms with Crippen LogP contribution in [0.3, 0.4) is 0 Å². The Balaban J connectivity index is 0. The van der Waals surface area contributed by atoms with Gasteiger partial charge in [0.2, 0.25) is 0 Å². The van der Waals surface area contributed by atoms with E-state index in [-0.39, 0.29) is 0 Å². The molecule has 0 aromatic heterocycles. The molecule has 70 valence electrons. The predicted octanol–water partition coefficient (Wildman–Crippen LogP) is 3.35. The van der Waals surface area contributed by atoms with Gasteiger partial charge in [-0.3, -0.25) is 0 Å². The lowest BCUT2D eigenvalue weighted by Gasteiger charge is -1.86. The van der Waals surface area contributed by atoms with E-state index < -0.39 is 0 Å². The number of hydrogen-bond donors (Lipinski definition) is 0. The van der Waals surface area contributed by atoms with E-state index in [9.17, 15) is 0 Å². The minimum Gasteiger partial charge on any atom is -0.372 e. The fourth-order valence-electron chi connectivity index (χ4n) is 0.763. The maximum Gasteiger partial charge on any atom is 0.0721 e. The molecule has 1 aliphatic heterocycles. The third-order valence-corrected chi connectivity index (χ3v) is 1.37. The van der Waals surface area contributed by atoms with Gasteiger partial charge in [-0.15, -0.1) is 13.2 Å². The van der Waals surface area contributed by atoms with Crippen LogP contribution in [-0.4, -0.2) is 13.2 Å². The Bertz CT molecular complexity index is 145. The highest BCUT2D eigenvalue weighted by Gasteiger charge is 2.05. The summed E-state index contributed by atoms with van der Waals surface area (Å²) in [4.78, 5) is 0. The lowest BCUT2D eigenvalue weighted by atomic mass is 10.2. The maximum absolute atomic E-state index is 5.11. The van der Waals surface area contributed by atoms with Gasteiger partial charge in [0.1, 0.15) is 0 Å². The fourth-order valence-corrected chi connectivity index (χ4v) is 0.763. The van der Waals surface area contributed by atoms with Crippen molar-refractivity contribution in [2.75, 3.05) is 13.2 Å². The minimum absolute atomic E-state index is 0.759. The van der Waals surface area contributed by atoms with Gasteiger partial charge in [-0.1, -0.05) is 26.5 Å². The average molecular weight is 168 g/mol. The van der Waals surface area contributed by atoms with Crippen molar-refractivity contribution in [2.24, 2.45) is 0 Å². The molecule has 0 saturated carbocycles. The summed E-state index contributed by atoms with van der Waals surface area (Å²) in [6.45, 7) is 17.3. The van der Waals surface area contributed by atoms with Crippen LogP contribution in [0.2, 0.25) is 0 Å². The van der Waals surface area contributed by atoms with E-state index in [1.807, 2.05) is 19.9 Å². The fraction of sp³-hybridized carbons (Fsp3) is 0.455. The van der Waals surface area contributed by atoms with Crippen LogP contribution in [0.25, 0.3) is 0 Å².